The van der Waals surface area contributed by atoms with E-state index in [1.807, 2.05) is 24.3 Å². The predicted octanol–water partition coefficient (Wildman–Crippen LogP) is 6.51. The van der Waals surface area contributed by atoms with Crippen LogP contribution in [0.4, 0.5) is 0 Å². The quantitative estimate of drug-likeness (QED) is 0.335. The molecule has 0 bridgehead atoms. The first-order chi connectivity index (χ1) is 15.8. The fourth-order valence-corrected chi connectivity index (χ4v) is 4.54. The highest BCUT2D eigenvalue weighted by Gasteiger charge is 2.13. The van der Waals surface area contributed by atoms with Crippen LogP contribution < -0.4 is 4.65 Å². The molecular weight excluding hydrogens is 393 g/mol. The molecule has 151 valence electrons. The number of para-hydroxylation sites is 1. The zero-order valence-corrected chi connectivity index (χ0v) is 17.3. The normalized spacial score (nSPS) is 11.3. The van der Waals surface area contributed by atoms with Crippen molar-refractivity contribution in [3.05, 3.63) is 109 Å². The molecule has 1 radical (unpaired) electrons. The van der Waals surface area contributed by atoms with Gasteiger partial charge in [-0.2, -0.15) is 0 Å². The van der Waals surface area contributed by atoms with Crippen molar-refractivity contribution < 1.29 is 9.68 Å². The van der Waals surface area contributed by atoms with Crippen LogP contribution >= 0.6 is 0 Å². The average Bonchev–Trinajstić information content (AvgIpc) is 3.18. The first kappa shape index (κ1) is 18.7. The summed E-state index contributed by atoms with van der Waals surface area (Å²) in [6, 6.07) is 37.9. The summed E-state index contributed by atoms with van der Waals surface area (Å²) in [6.07, 6.45) is 0. The summed E-state index contributed by atoms with van der Waals surface area (Å²) in [5, 5.41) is 13.7. The second kappa shape index (κ2) is 7.59. The van der Waals surface area contributed by atoms with E-state index in [9.17, 15) is 0 Å². The van der Waals surface area contributed by atoms with Crippen molar-refractivity contribution in [3.63, 3.8) is 0 Å². The van der Waals surface area contributed by atoms with Gasteiger partial charge in [0, 0.05) is 16.5 Å². The largest absolute Gasteiger partial charge is 0.569 e. The molecule has 1 aromatic heterocycles. The Morgan fingerprint density at radius 2 is 1.31 bits per heavy atom. The van der Waals surface area contributed by atoms with E-state index in [4.69, 9.17) is 9.68 Å². The van der Waals surface area contributed by atoms with E-state index in [0.717, 1.165) is 27.5 Å². The average molecular weight is 412 g/mol. The third-order valence-corrected chi connectivity index (χ3v) is 6.04. The van der Waals surface area contributed by atoms with Crippen molar-refractivity contribution in [2.24, 2.45) is 0 Å². The zero-order chi connectivity index (χ0) is 21.5. The number of fused-ring (bicyclic) bond motifs is 4. The van der Waals surface area contributed by atoms with Gasteiger partial charge in [-0.15, -0.1) is 0 Å². The monoisotopic (exact) mass is 412 g/mol. The summed E-state index contributed by atoms with van der Waals surface area (Å²) >= 11 is 0. The van der Waals surface area contributed by atoms with Crippen LogP contribution in [0.3, 0.4) is 0 Å². The lowest BCUT2D eigenvalue weighted by molar-refractivity contribution is 0.454. The molecular formula is C28H19BNO2. The van der Waals surface area contributed by atoms with Crippen LogP contribution in [0.25, 0.3) is 49.4 Å². The summed E-state index contributed by atoms with van der Waals surface area (Å²) < 4.78 is 7.46. The van der Waals surface area contributed by atoms with E-state index in [2.05, 4.69) is 89.5 Å². The second-order valence-electron chi connectivity index (χ2n) is 7.86. The topological polar surface area (TPSA) is 34.4 Å². The van der Waals surface area contributed by atoms with Gasteiger partial charge in [0.1, 0.15) is 5.75 Å². The minimum Gasteiger partial charge on any atom is -0.537 e. The molecule has 1 heterocycles. The number of rotatable bonds is 4. The van der Waals surface area contributed by atoms with Gasteiger partial charge >= 0.3 is 7.69 Å². The summed E-state index contributed by atoms with van der Waals surface area (Å²) in [6.45, 7) is 0. The third kappa shape index (κ3) is 3.05. The van der Waals surface area contributed by atoms with Crippen molar-refractivity contribution in [1.82, 2.24) is 4.57 Å². The minimum atomic E-state index is 0.606. The predicted molar refractivity (Wildman–Crippen MR) is 132 cm³/mol. The molecule has 0 saturated heterocycles. The van der Waals surface area contributed by atoms with Gasteiger partial charge in [0.15, 0.2) is 0 Å². The standard InChI is InChI=1S/C28H19BNO2/c31-29-32-24-15-16-28-26(18-24)25-7-3-4-8-27(25)30(28)23-13-11-20(12-14-23)22-10-9-19-5-1-2-6-21(19)17-22/h1-18,31H. The van der Waals surface area contributed by atoms with Gasteiger partial charge in [0.05, 0.1) is 11.0 Å². The maximum absolute atomic E-state index is 9.01. The highest BCUT2D eigenvalue weighted by molar-refractivity contribution is 6.17. The minimum absolute atomic E-state index is 0.606. The van der Waals surface area contributed by atoms with Crippen LogP contribution in [-0.4, -0.2) is 17.3 Å². The van der Waals surface area contributed by atoms with Crippen LogP contribution in [0.5, 0.6) is 5.75 Å². The molecule has 32 heavy (non-hydrogen) atoms. The molecule has 0 fully saturated rings. The molecule has 0 atom stereocenters. The maximum atomic E-state index is 9.01. The van der Waals surface area contributed by atoms with Gasteiger partial charge in [-0.1, -0.05) is 66.7 Å². The molecule has 3 nitrogen and oxygen atoms in total. The van der Waals surface area contributed by atoms with Crippen LogP contribution in [0.15, 0.2) is 109 Å². The number of aromatic nitrogens is 1. The molecule has 0 unspecified atom stereocenters. The van der Waals surface area contributed by atoms with Crippen LogP contribution in [0, 0.1) is 0 Å². The lowest BCUT2D eigenvalue weighted by Crippen LogP contribution is -1.99. The maximum Gasteiger partial charge on any atom is 0.569 e. The van der Waals surface area contributed by atoms with E-state index >= 15 is 0 Å². The number of benzene rings is 5. The fraction of sp³-hybridized carbons (Fsp3) is 0. The molecule has 5 aromatic carbocycles. The van der Waals surface area contributed by atoms with E-state index in [0.29, 0.717) is 13.4 Å². The highest BCUT2D eigenvalue weighted by atomic mass is 16.5. The highest BCUT2D eigenvalue weighted by Crippen LogP contribution is 2.35. The van der Waals surface area contributed by atoms with Gasteiger partial charge in [0.25, 0.3) is 0 Å². The van der Waals surface area contributed by atoms with Crippen molar-refractivity contribution in [2.75, 3.05) is 0 Å². The Balaban J connectivity index is 1.48. The van der Waals surface area contributed by atoms with Crippen LogP contribution in [0.2, 0.25) is 0 Å². The molecule has 0 aliphatic heterocycles. The Morgan fingerprint density at radius 1 is 0.594 bits per heavy atom. The summed E-state index contributed by atoms with van der Waals surface area (Å²) in [5.41, 5.74) is 5.72. The van der Waals surface area contributed by atoms with Gasteiger partial charge in [-0.3, -0.25) is 0 Å². The molecule has 4 heteroatoms. The van der Waals surface area contributed by atoms with Gasteiger partial charge < -0.3 is 14.2 Å². The van der Waals surface area contributed by atoms with Gasteiger partial charge in [-0.05, 0) is 64.4 Å². The van der Waals surface area contributed by atoms with E-state index in [1.165, 1.54) is 21.9 Å². The van der Waals surface area contributed by atoms with E-state index < -0.39 is 0 Å². The van der Waals surface area contributed by atoms with Gasteiger partial charge in [-0.25, -0.2) is 0 Å². The van der Waals surface area contributed by atoms with Crippen molar-refractivity contribution in [2.45, 2.75) is 0 Å². The fourth-order valence-electron chi connectivity index (χ4n) is 4.54. The molecule has 6 rings (SSSR count). The summed E-state index contributed by atoms with van der Waals surface area (Å²) in [5.74, 6) is 0.606. The zero-order valence-electron chi connectivity index (χ0n) is 17.3. The smallest absolute Gasteiger partial charge is 0.537 e. The van der Waals surface area contributed by atoms with Crippen LogP contribution in [0.1, 0.15) is 0 Å². The van der Waals surface area contributed by atoms with Crippen LogP contribution in [-0.2, 0) is 0 Å². The molecule has 0 amide bonds. The SMILES string of the molecule is O[B]Oc1ccc2c(c1)c1ccccc1n2-c1ccc(-c2ccc3ccccc3c2)cc1. The first-order valence-corrected chi connectivity index (χ1v) is 10.6. The Bertz CT molecular complexity index is 1580. The van der Waals surface area contributed by atoms with Crippen molar-refractivity contribution >= 4 is 40.3 Å². The third-order valence-electron chi connectivity index (χ3n) is 6.04. The lowest BCUT2D eigenvalue weighted by atomic mass is 10.0. The summed E-state index contributed by atoms with van der Waals surface area (Å²) in [4.78, 5) is 0. The number of nitrogens with zero attached hydrogens (tertiary/aromatic N) is 1. The Morgan fingerprint density at radius 3 is 2.16 bits per heavy atom. The second-order valence-corrected chi connectivity index (χ2v) is 7.86. The Hall–Kier alpha value is -4.02. The molecule has 0 aliphatic carbocycles. The molecule has 6 aromatic rings. The van der Waals surface area contributed by atoms with Crippen molar-refractivity contribution in [1.29, 1.82) is 0 Å². The molecule has 1 N–H and O–H groups in total. The van der Waals surface area contributed by atoms with Crippen molar-refractivity contribution in [3.8, 4) is 22.6 Å². The number of hydrogen-bond acceptors (Lipinski definition) is 2. The Labute approximate surface area is 186 Å². The van der Waals surface area contributed by atoms with E-state index in [-0.39, 0.29) is 0 Å². The van der Waals surface area contributed by atoms with E-state index in [1.54, 1.807) is 0 Å². The molecule has 0 spiro atoms. The first-order valence-electron chi connectivity index (χ1n) is 10.6. The molecule has 0 saturated carbocycles. The summed E-state index contributed by atoms with van der Waals surface area (Å²) in [7, 11) is 0.714. The molecule has 0 aliphatic rings. The lowest BCUT2D eigenvalue weighted by Gasteiger charge is -2.10. The Kier molecular flexibility index (Phi) is 4.44. The number of hydrogen-bond donors (Lipinski definition) is 1. The van der Waals surface area contributed by atoms with Gasteiger partial charge in [0.2, 0.25) is 0 Å².